The van der Waals surface area contributed by atoms with Gasteiger partial charge in [0.15, 0.2) is 0 Å². The van der Waals surface area contributed by atoms with Crippen molar-refractivity contribution in [2.24, 2.45) is 5.41 Å². The molecule has 2 heterocycles. The van der Waals surface area contributed by atoms with E-state index in [2.05, 4.69) is 5.16 Å². The van der Waals surface area contributed by atoms with Gasteiger partial charge < -0.3 is 9.42 Å². The van der Waals surface area contributed by atoms with E-state index in [1.165, 1.54) is 0 Å². The Kier molecular flexibility index (Phi) is 3.21. The standard InChI is InChI=1S/C14H22N2O2/c1-9-12(10(2)18-15-9)11-7-6-8-16(11)13(17)14(3,4)5/h11H,6-8H2,1-5H3. The summed E-state index contributed by atoms with van der Waals surface area (Å²) in [6, 6.07) is 0.142. The maximum Gasteiger partial charge on any atom is 0.228 e. The Balaban J connectivity index is 2.31. The Bertz CT molecular complexity index is 437. The fourth-order valence-electron chi connectivity index (χ4n) is 2.71. The fraction of sp³-hybridized carbons (Fsp3) is 0.714. The predicted octanol–water partition coefficient (Wildman–Crippen LogP) is 3.00. The Hall–Kier alpha value is -1.32. The second-order valence-electron chi connectivity index (χ2n) is 6.14. The minimum atomic E-state index is -0.332. The maximum atomic E-state index is 12.5. The predicted molar refractivity (Wildman–Crippen MR) is 69.1 cm³/mol. The molecule has 1 aliphatic rings. The highest BCUT2D eigenvalue weighted by Crippen LogP contribution is 2.37. The van der Waals surface area contributed by atoms with Gasteiger partial charge in [-0.25, -0.2) is 0 Å². The molecular weight excluding hydrogens is 228 g/mol. The molecule has 0 N–H and O–H groups in total. The molecule has 18 heavy (non-hydrogen) atoms. The number of nitrogens with zero attached hydrogens (tertiary/aromatic N) is 2. The molecule has 1 aromatic heterocycles. The van der Waals surface area contributed by atoms with Crippen LogP contribution in [0, 0.1) is 19.3 Å². The van der Waals surface area contributed by atoms with Crippen molar-refractivity contribution in [3.63, 3.8) is 0 Å². The molecule has 1 fully saturated rings. The Morgan fingerprint density at radius 3 is 2.56 bits per heavy atom. The second-order valence-corrected chi connectivity index (χ2v) is 6.14. The number of aromatic nitrogens is 1. The lowest BCUT2D eigenvalue weighted by Crippen LogP contribution is -2.39. The third kappa shape index (κ3) is 2.16. The fourth-order valence-corrected chi connectivity index (χ4v) is 2.71. The Labute approximate surface area is 108 Å². The molecule has 0 aliphatic carbocycles. The van der Waals surface area contributed by atoms with Gasteiger partial charge in [0, 0.05) is 17.5 Å². The third-order valence-electron chi connectivity index (χ3n) is 3.58. The van der Waals surface area contributed by atoms with Gasteiger partial charge in [0.05, 0.1) is 11.7 Å². The number of hydrogen-bond donors (Lipinski definition) is 0. The number of carbonyl (C=O) groups excluding carboxylic acids is 1. The first-order chi connectivity index (χ1) is 8.32. The molecule has 1 aromatic rings. The molecule has 0 aromatic carbocycles. The molecule has 1 atom stereocenters. The zero-order valence-electron chi connectivity index (χ0n) is 11.9. The molecule has 2 rings (SSSR count). The van der Waals surface area contributed by atoms with Crippen LogP contribution in [0.15, 0.2) is 4.52 Å². The van der Waals surface area contributed by atoms with Crippen molar-refractivity contribution in [3.8, 4) is 0 Å². The summed E-state index contributed by atoms with van der Waals surface area (Å²) in [6.07, 6.45) is 2.06. The lowest BCUT2D eigenvalue weighted by Gasteiger charge is -2.31. The van der Waals surface area contributed by atoms with Gasteiger partial charge in [-0.2, -0.15) is 0 Å². The summed E-state index contributed by atoms with van der Waals surface area (Å²) in [5.74, 6) is 1.05. The van der Waals surface area contributed by atoms with E-state index in [9.17, 15) is 4.79 Å². The van der Waals surface area contributed by atoms with Gasteiger partial charge in [0.25, 0.3) is 0 Å². The normalized spacial score (nSPS) is 20.5. The Morgan fingerprint density at radius 2 is 2.06 bits per heavy atom. The molecule has 1 unspecified atom stereocenters. The number of aryl methyl sites for hydroxylation is 2. The largest absolute Gasteiger partial charge is 0.361 e. The van der Waals surface area contributed by atoms with Crippen LogP contribution in [-0.4, -0.2) is 22.5 Å². The van der Waals surface area contributed by atoms with Crippen molar-refractivity contribution >= 4 is 5.91 Å². The Morgan fingerprint density at radius 1 is 1.39 bits per heavy atom. The van der Waals surface area contributed by atoms with Gasteiger partial charge in [-0.1, -0.05) is 25.9 Å². The maximum absolute atomic E-state index is 12.5. The van der Waals surface area contributed by atoms with E-state index >= 15 is 0 Å². The van der Waals surface area contributed by atoms with E-state index in [1.807, 2.05) is 39.5 Å². The van der Waals surface area contributed by atoms with Gasteiger partial charge in [0.2, 0.25) is 5.91 Å². The van der Waals surface area contributed by atoms with Crippen LogP contribution in [0.4, 0.5) is 0 Å². The second kappa shape index (κ2) is 4.41. The van der Waals surface area contributed by atoms with Crippen LogP contribution in [0.25, 0.3) is 0 Å². The zero-order chi connectivity index (χ0) is 13.5. The first-order valence-corrected chi connectivity index (χ1v) is 6.56. The highest BCUT2D eigenvalue weighted by atomic mass is 16.5. The lowest BCUT2D eigenvalue weighted by atomic mass is 9.93. The summed E-state index contributed by atoms with van der Waals surface area (Å²) in [5, 5.41) is 4.00. The zero-order valence-corrected chi connectivity index (χ0v) is 11.9. The van der Waals surface area contributed by atoms with Gasteiger partial charge in [0.1, 0.15) is 5.76 Å². The molecule has 0 saturated carbocycles. The van der Waals surface area contributed by atoms with Gasteiger partial charge in [-0.3, -0.25) is 4.79 Å². The molecular formula is C14H22N2O2. The monoisotopic (exact) mass is 250 g/mol. The van der Waals surface area contributed by atoms with Crippen LogP contribution < -0.4 is 0 Å². The summed E-state index contributed by atoms with van der Waals surface area (Å²) in [4.78, 5) is 14.5. The van der Waals surface area contributed by atoms with Crippen molar-refractivity contribution < 1.29 is 9.32 Å². The molecule has 0 spiro atoms. The highest BCUT2D eigenvalue weighted by Gasteiger charge is 2.37. The van der Waals surface area contributed by atoms with E-state index in [0.29, 0.717) is 0 Å². The summed E-state index contributed by atoms with van der Waals surface area (Å²) < 4.78 is 5.23. The smallest absolute Gasteiger partial charge is 0.228 e. The average Bonchev–Trinajstić information content (AvgIpc) is 2.83. The molecule has 4 nitrogen and oxygen atoms in total. The third-order valence-corrected chi connectivity index (χ3v) is 3.58. The van der Waals surface area contributed by atoms with Gasteiger partial charge >= 0.3 is 0 Å². The van der Waals surface area contributed by atoms with Crippen molar-refractivity contribution in [1.82, 2.24) is 10.1 Å². The van der Waals surface area contributed by atoms with Crippen LogP contribution >= 0.6 is 0 Å². The number of rotatable bonds is 1. The first-order valence-electron chi connectivity index (χ1n) is 6.56. The summed E-state index contributed by atoms with van der Waals surface area (Å²) >= 11 is 0. The van der Waals surface area contributed by atoms with Crippen molar-refractivity contribution in [1.29, 1.82) is 0 Å². The number of hydrogen-bond acceptors (Lipinski definition) is 3. The van der Waals surface area contributed by atoms with E-state index in [0.717, 1.165) is 36.4 Å². The number of likely N-dealkylation sites (tertiary alicyclic amines) is 1. The summed E-state index contributed by atoms with van der Waals surface area (Å²) in [5.41, 5.74) is 1.68. The van der Waals surface area contributed by atoms with Crippen LogP contribution in [0.5, 0.6) is 0 Å². The first kappa shape index (κ1) is 13.1. The SMILES string of the molecule is Cc1noc(C)c1C1CCCN1C(=O)C(C)(C)C. The quantitative estimate of drug-likeness (QED) is 0.769. The van der Waals surface area contributed by atoms with Crippen molar-refractivity contribution in [3.05, 3.63) is 17.0 Å². The van der Waals surface area contributed by atoms with Crippen LogP contribution in [0.1, 0.15) is 56.7 Å². The van der Waals surface area contributed by atoms with Crippen molar-refractivity contribution in [2.75, 3.05) is 6.54 Å². The number of carbonyl (C=O) groups is 1. The molecule has 0 radical (unpaired) electrons. The molecule has 1 saturated heterocycles. The minimum Gasteiger partial charge on any atom is -0.361 e. The molecule has 1 aliphatic heterocycles. The molecule has 100 valence electrons. The van der Waals surface area contributed by atoms with E-state index in [-0.39, 0.29) is 17.4 Å². The van der Waals surface area contributed by atoms with E-state index < -0.39 is 0 Å². The van der Waals surface area contributed by atoms with Gasteiger partial charge in [-0.05, 0) is 26.7 Å². The summed E-state index contributed by atoms with van der Waals surface area (Å²) in [7, 11) is 0. The minimum absolute atomic E-state index is 0.142. The highest BCUT2D eigenvalue weighted by molar-refractivity contribution is 5.82. The molecule has 0 bridgehead atoms. The molecule has 1 amide bonds. The van der Waals surface area contributed by atoms with Crippen LogP contribution in [-0.2, 0) is 4.79 Å². The summed E-state index contributed by atoms with van der Waals surface area (Å²) in [6.45, 7) is 10.6. The van der Waals surface area contributed by atoms with E-state index in [1.54, 1.807) is 0 Å². The van der Waals surface area contributed by atoms with Crippen LogP contribution in [0.2, 0.25) is 0 Å². The van der Waals surface area contributed by atoms with Crippen molar-refractivity contribution in [2.45, 2.75) is 53.5 Å². The van der Waals surface area contributed by atoms with E-state index in [4.69, 9.17) is 4.52 Å². The average molecular weight is 250 g/mol. The van der Waals surface area contributed by atoms with Crippen LogP contribution in [0.3, 0.4) is 0 Å². The van der Waals surface area contributed by atoms with Gasteiger partial charge in [-0.15, -0.1) is 0 Å². The molecule has 4 heteroatoms. The lowest BCUT2D eigenvalue weighted by molar-refractivity contribution is -0.140. The number of amides is 1. The topological polar surface area (TPSA) is 46.3 Å².